The molecular weight excluding hydrogens is 1570 g/mol. The van der Waals surface area contributed by atoms with Gasteiger partial charge in [0.05, 0.1) is 19.8 Å². The van der Waals surface area contributed by atoms with Crippen LogP contribution in [0.1, 0.15) is 226 Å². The molecule has 5 aliphatic rings. The molecule has 3 amide bonds. The van der Waals surface area contributed by atoms with Gasteiger partial charge in [-0.2, -0.15) is 0 Å². The van der Waals surface area contributed by atoms with Gasteiger partial charge in [0.15, 0.2) is 0 Å². The number of nitrogens with zero attached hydrogens (tertiary/aromatic N) is 7. The summed E-state index contributed by atoms with van der Waals surface area (Å²) < 4.78 is 21.8. The SMILES string of the molecule is CCN(c1cc(-c2ccc(OCCOC)cc2)cc(C(=O)NCc2c(C)cc(C)[nH]c2=O)c1C)C1CCC(N(C)C)CC1.CCN(c1cc(C#CC2CCN(C)CC2)cc(C(=O)NCc2c(C)cc(C)[nH]c2=O)c1C)C1CCOCC1.CCN(c1cc(C#CCN2CCCCC2)cc(C(=O)NCc2c(C)cc(C)[nH]c2=O)c1C)C1CCC(N(C)CCOC)CC1. The number of aromatic nitrogens is 3. The van der Waals surface area contributed by atoms with Crippen LogP contribution in [0.5, 0.6) is 5.75 Å². The van der Waals surface area contributed by atoms with E-state index in [9.17, 15) is 28.8 Å². The van der Waals surface area contributed by atoms with Crippen molar-refractivity contribution in [2.75, 3.05) is 149 Å². The Hall–Kier alpha value is -9.82. The Balaban J connectivity index is 0.000000196. The summed E-state index contributed by atoms with van der Waals surface area (Å²) in [6.45, 7) is 36.4. The number of anilines is 3. The highest BCUT2D eigenvalue weighted by molar-refractivity contribution is 6.00. The molecule has 4 aromatic carbocycles. The maximum absolute atomic E-state index is 13.8. The molecule has 0 unspecified atom stereocenters. The molecule has 23 heteroatoms. The summed E-state index contributed by atoms with van der Waals surface area (Å²) in [5.74, 6) is 14.3. The average molecular weight is 1710 g/mol. The Kier molecular flexibility index (Phi) is 37.1. The lowest BCUT2D eigenvalue weighted by Crippen LogP contribution is -2.44. The van der Waals surface area contributed by atoms with Gasteiger partial charge in [-0.05, 0) is 339 Å². The molecule has 12 rings (SSSR count). The second kappa shape index (κ2) is 47.7. The Morgan fingerprint density at radius 3 is 1.32 bits per heavy atom. The largest absolute Gasteiger partial charge is 0.491 e. The fourth-order valence-corrected chi connectivity index (χ4v) is 18.8. The first kappa shape index (κ1) is 97.4. The molecule has 7 aromatic rings. The minimum atomic E-state index is -0.188. The molecule has 6 heterocycles. The van der Waals surface area contributed by atoms with Crippen molar-refractivity contribution < 1.29 is 33.3 Å². The average Bonchev–Trinajstić information content (AvgIpc) is 0.791. The number of carbonyl (C=O) groups is 3. The van der Waals surface area contributed by atoms with E-state index >= 15 is 0 Å². The summed E-state index contributed by atoms with van der Waals surface area (Å²) in [6, 6.07) is 28.5. The van der Waals surface area contributed by atoms with Crippen LogP contribution in [0.25, 0.3) is 11.1 Å². The van der Waals surface area contributed by atoms with Gasteiger partial charge in [0.2, 0.25) is 0 Å². The molecule has 125 heavy (non-hydrogen) atoms. The van der Waals surface area contributed by atoms with Gasteiger partial charge < -0.3 is 79.2 Å². The first-order chi connectivity index (χ1) is 60.1. The number of rotatable bonds is 29. The Bertz CT molecular complexity index is 5070. The van der Waals surface area contributed by atoms with Crippen LogP contribution < -0.4 is 52.1 Å². The van der Waals surface area contributed by atoms with Gasteiger partial charge in [-0.15, -0.1) is 0 Å². The van der Waals surface area contributed by atoms with Crippen molar-refractivity contribution in [3.63, 3.8) is 0 Å². The zero-order valence-corrected chi connectivity index (χ0v) is 78.3. The second-order valence-corrected chi connectivity index (χ2v) is 35.3. The highest BCUT2D eigenvalue weighted by atomic mass is 16.5. The fourth-order valence-electron chi connectivity index (χ4n) is 18.8. The highest BCUT2D eigenvalue weighted by Gasteiger charge is 2.33. The van der Waals surface area contributed by atoms with Crippen LogP contribution in [0.3, 0.4) is 0 Å². The number of likely N-dealkylation sites (N-methyl/N-ethyl adjacent to an activating group) is 1. The van der Waals surface area contributed by atoms with Crippen molar-refractivity contribution in [2.45, 2.75) is 229 Å². The highest BCUT2D eigenvalue weighted by Crippen LogP contribution is 2.39. The number of piperidine rings is 2. The van der Waals surface area contributed by atoms with E-state index in [1.54, 1.807) is 14.2 Å². The van der Waals surface area contributed by atoms with E-state index in [1.807, 2.05) is 123 Å². The zero-order chi connectivity index (χ0) is 90.0. The summed E-state index contributed by atoms with van der Waals surface area (Å²) in [6.07, 6.45) is 16.9. The number of benzene rings is 4. The fraction of sp³-hybridized carbons (Fsp3) is 0.549. The van der Waals surface area contributed by atoms with E-state index in [4.69, 9.17) is 18.9 Å². The van der Waals surface area contributed by atoms with Crippen molar-refractivity contribution in [1.29, 1.82) is 0 Å². The molecule has 0 spiro atoms. The number of aromatic amines is 3. The third-order valence-electron chi connectivity index (χ3n) is 26.3. The molecule has 2 aliphatic carbocycles. The third-order valence-corrected chi connectivity index (χ3v) is 26.3. The van der Waals surface area contributed by atoms with E-state index in [1.165, 1.54) is 19.3 Å². The lowest BCUT2D eigenvalue weighted by atomic mass is 9.88. The molecule has 3 aromatic heterocycles. The van der Waals surface area contributed by atoms with E-state index in [0.717, 1.165) is 251 Å². The van der Waals surface area contributed by atoms with Crippen molar-refractivity contribution in [3.05, 3.63) is 205 Å². The van der Waals surface area contributed by atoms with Crippen LogP contribution in [-0.2, 0) is 33.8 Å². The molecule has 0 bridgehead atoms. The first-order valence-electron chi connectivity index (χ1n) is 45.8. The number of amides is 3. The minimum Gasteiger partial charge on any atom is -0.491 e. The Morgan fingerprint density at radius 1 is 0.472 bits per heavy atom. The molecule has 676 valence electrons. The number of methoxy groups -OCH3 is 2. The van der Waals surface area contributed by atoms with Gasteiger partial charge in [-0.3, -0.25) is 33.7 Å². The topological polar surface area (TPSA) is 245 Å². The molecule has 23 nitrogen and oxygen atoms in total. The van der Waals surface area contributed by atoms with Crippen molar-refractivity contribution in [2.24, 2.45) is 5.92 Å². The van der Waals surface area contributed by atoms with Crippen molar-refractivity contribution in [3.8, 4) is 40.6 Å². The third kappa shape index (κ3) is 26.9. The van der Waals surface area contributed by atoms with E-state index < -0.39 is 0 Å². The van der Waals surface area contributed by atoms with Crippen molar-refractivity contribution >= 4 is 34.8 Å². The molecule has 6 N–H and O–H groups in total. The minimum absolute atomic E-state index is 0.154. The van der Waals surface area contributed by atoms with Crippen LogP contribution in [0.15, 0.2) is 93.2 Å². The molecular formula is C102H143N13O10. The number of hydrogen-bond donors (Lipinski definition) is 6. The zero-order valence-electron chi connectivity index (χ0n) is 78.3. The van der Waals surface area contributed by atoms with Crippen LogP contribution in [0.2, 0.25) is 0 Å². The standard InChI is InChI=1S/C36H53N5O3.C35H48N4O4.C31H42N4O3/c1-7-41(31-15-13-30(14-16-31)39(5)20-21-44-6)34-24-29(12-11-19-40-17-9-8-10-18-40)23-32(28(34)4)35(42)37-25-33-26(2)22-27(3)38-36(33)43;1-8-39(29-13-11-28(12-14-29)38(5)6)33-21-27(26-9-15-30(16-10-26)43-18-17-42-7)20-31(25(33)4)34(40)36-22-32-23(2)19-24(3)37-35(32)41;1-6-35(26-11-15-38-16-12-26)29-19-25(8-7-24-9-13-34(5)14-10-24)18-27(23(29)4)30(36)32-20-28-21(2)17-22(3)33-31(28)37/h22-24,30-31H,7-10,13-21,25H2,1-6H3,(H,37,42)(H,38,43);9-10,15-16,19-21,28-29H,8,11-14,17-18,22H2,1-7H3,(H,36,40)(H,37,41);17-19,24,26H,6,9-16,20H2,1-5H3,(H,32,36)(H,33,37). The summed E-state index contributed by atoms with van der Waals surface area (Å²) in [7, 11) is 12.1. The quantitative estimate of drug-likeness (QED) is 0.0188. The van der Waals surface area contributed by atoms with Gasteiger partial charge in [0, 0.05) is 188 Å². The molecule has 0 atom stereocenters. The number of H-pyrrole nitrogens is 3. The van der Waals surface area contributed by atoms with Gasteiger partial charge in [0.25, 0.3) is 34.4 Å². The van der Waals surface area contributed by atoms with Crippen LogP contribution in [-0.4, -0.2) is 217 Å². The maximum atomic E-state index is 13.8. The van der Waals surface area contributed by atoms with Gasteiger partial charge >= 0.3 is 0 Å². The normalized spacial score (nSPS) is 17.6. The number of carbonyl (C=O) groups excluding carboxylic acids is 3. The summed E-state index contributed by atoms with van der Waals surface area (Å²) in [5.41, 5.74) is 18.0. The predicted octanol–water partition coefficient (Wildman–Crippen LogP) is 14.3. The molecule has 5 fully saturated rings. The van der Waals surface area contributed by atoms with Crippen LogP contribution in [0, 0.1) is 91.9 Å². The molecule has 0 radical (unpaired) electrons. The molecule has 2 saturated carbocycles. The summed E-state index contributed by atoms with van der Waals surface area (Å²) in [5, 5.41) is 9.09. The summed E-state index contributed by atoms with van der Waals surface area (Å²) >= 11 is 0. The monoisotopic (exact) mass is 1710 g/mol. The number of aryl methyl sites for hydroxylation is 6. The van der Waals surface area contributed by atoms with Gasteiger partial charge in [-0.1, -0.05) is 42.2 Å². The second-order valence-electron chi connectivity index (χ2n) is 35.3. The molecule has 3 saturated heterocycles. The Morgan fingerprint density at radius 2 is 0.888 bits per heavy atom. The van der Waals surface area contributed by atoms with Crippen LogP contribution >= 0.6 is 0 Å². The van der Waals surface area contributed by atoms with Crippen molar-refractivity contribution in [1.82, 2.24) is 50.5 Å². The predicted molar refractivity (Wildman–Crippen MR) is 507 cm³/mol. The number of likely N-dealkylation sites (tertiary alicyclic amines) is 2. The van der Waals surface area contributed by atoms with E-state index in [0.29, 0.717) is 82.7 Å². The summed E-state index contributed by atoms with van der Waals surface area (Å²) in [4.78, 5) is 104. The van der Waals surface area contributed by atoms with Gasteiger partial charge in [0.1, 0.15) is 12.4 Å². The number of hydrogen-bond acceptors (Lipinski definition) is 17. The number of ether oxygens (including phenoxy) is 4. The van der Waals surface area contributed by atoms with E-state index in [2.05, 4.69) is 156 Å². The Labute approximate surface area is 744 Å². The smallest absolute Gasteiger partial charge is 0.253 e. The van der Waals surface area contributed by atoms with Crippen LogP contribution in [0.4, 0.5) is 17.1 Å². The van der Waals surface area contributed by atoms with Gasteiger partial charge in [-0.25, -0.2) is 0 Å². The molecule has 3 aliphatic heterocycles. The van der Waals surface area contributed by atoms with E-state index in [-0.39, 0.29) is 54.0 Å². The lowest BCUT2D eigenvalue weighted by molar-refractivity contribution is 0.0845. The number of pyridine rings is 3. The number of nitrogens with one attached hydrogen (secondary N) is 6. The lowest BCUT2D eigenvalue weighted by Gasteiger charge is -2.41. The first-order valence-corrected chi connectivity index (χ1v) is 45.8. The maximum Gasteiger partial charge on any atom is 0.253 e.